The summed E-state index contributed by atoms with van der Waals surface area (Å²) in [5.41, 5.74) is -2.42. The third-order valence-electron chi connectivity index (χ3n) is 3.11. The van der Waals surface area contributed by atoms with Crippen LogP contribution in [0, 0.1) is 10.1 Å². The number of carboxylic acid groups (broad SMARTS) is 1. The van der Waals surface area contributed by atoms with Crippen molar-refractivity contribution in [2.45, 2.75) is 16.9 Å². The highest BCUT2D eigenvalue weighted by Crippen LogP contribution is 2.27. The molecule has 1 saturated heterocycles. The first-order valence-corrected chi connectivity index (χ1v) is 7.35. The number of carbonyl (C=O) groups is 1. The summed E-state index contributed by atoms with van der Waals surface area (Å²) in [6, 6.07) is 4.72. The molecule has 0 saturated carbocycles. The standard InChI is InChI=1S/C11H12N2O7S/c14-10(15)11(5-6-20-7-11)12-21(18,19)9-4-2-1-3-8(9)13(16)17/h1-4,12H,5-7H2,(H,14,15). The number of ether oxygens (including phenoxy) is 1. The lowest BCUT2D eigenvalue weighted by Crippen LogP contribution is -2.55. The van der Waals surface area contributed by atoms with Gasteiger partial charge in [0.2, 0.25) is 10.0 Å². The van der Waals surface area contributed by atoms with Crippen LogP contribution in [-0.4, -0.2) is 43.2 Å². The van der Waals surface area contributed by atoms with Gasteiger partial charge in [-0.2, -0.15) is 4.72 Å². The van der Waals surface area contributed by atoms with Gasteiger partial charge in [-0.3, -0.25) is 14.9 Å². The first kappa shape index (κ1) is 15.4. The monoisotopic (exact) mass is 316 g/mol. The molecule has 9 nitrogen and oxygen atoms in total. The zero-order chi connectivity index (χ0) is 15.7. The molecule has 1 atom stereocenters. The minimum absolute atomic E-state index is 0.0534. The molecule has 1 aliphatic rings. The van der Waals surface area contributed by atoms with E-state index in [1.165, 1.54) is 12.1 Å². The van der Waals surface area contributed by atoms with Crippen LogP contribution < -0.4 is 4.72 Å². The lowest BCUT2D eigenvalue weighted by atomic mass is 10.0. The Morgan fingerprint density at radius 1 is 1.43 bits per heavy atom. The number of para-hydroxylation sites is 1. The summed E-state index contributed by atoms with van der Waals surface area (Å²) in [6.45, 7) is -0.242. The predicted octanol–water partition coefficient (Wildman–Crippen LogP) is 0.117. The van der Waals surface area contributed by atoms with Gasteiger partial charge in [-0.1, -0.05) is 12.1 Å². The Kier molecular flexibility index (Phi) is 3.94. The minimum Gasteiger partial charge on any atom is -0.480 e. The Morgan fingerprint density at radius 2 is 2.10 bits per heavy atom. The molecule has 0 aliphatic carbocycles. The second kappa shape index (κ2) is 5.39. The quantitative estimate of drug-likeness (QED) is 0.581. The number of aliphatic carboxylic acids is 1. The minimum atomic E-state index is -4.38. The van der Waals surface area contributed by atoms with E-state index in [2.05, 4.69) is 0 Å². The largest absolute Gasteiger partial charge is 0.480 e. The summed E-state index contributed by atoms with van der Waals surface area (Å²) in [5, 5.41) is 20.1. The number of hydrogen-bond acceptors (Lipinski definition) is 6. The SMILES string of the molecule is O=C(O)C1(NS(=O)(=O)c2ccccc2[N+](=O)[O-])CCOC1. The van der Waals surface area contributed by atoms with E-state index in [1.54, 1.807) is 0 Å². The molecule has 2 rings (SSSR count). The van der Waals surface area contributed by atoms with Crippen molar-refractivity contribution in [1.29, 1.82) is 0 Å². The van der Waals surface area contributed by atoms with Crippen LogP contribution in [0.5, 0.6) is 0 Å². The summed E-state index contributed by atoms with van der Waals surface area (Å²) < 4.78 is 31.5. The number of hydrogen-bond donors (Lipinski definition) is 2. The first-order chi connectivity index (χ1) is 9.78. The summed E-state index contributed by atoms with van der Waals surface area (Å²) in [6.07, 6.45) is -0.0534. The maximum atomic E-state index is 12.3. The molecule has 1 aromatic carbocycles. The lowest BCUT2D eigenvalue weighted by molar-refractivity contribution is -0.387. The van der Waals surface area contributed by atoms with Crippen molar-refractivity contribution in [3.8, 4) is 0 Å². The topological polar surface area (TPSA) is 136 Å². The summed E-state index contributed by atoms with van der Waals surface area (Å²) in [7, 11) is -4.38. The Labute approximate surface area is 119 Å². The molecule has 10 heteroatoms. The number of carboxylic acids is 1. The number of rotatable bonds is 5. The second-order valence-corrected chi connectivity index (χ2v) is 6.17. The van der Waals surface area contributed by atoms with Crippen molar-refractivity contribution in [3.05, 3.63) is 34.4 Å². The van der Waals surface area contributed by atoms with E-state index < -0.39 is 37.0 Å². The Balaban J connectivity index is 2.44. The van der Waals surface area contributed by atoms with E-state index >= 15 is 0 Å². The fourth-order valence-electron chi connectivity index (χ4n) is 2.01. The number of sulfonamides is 1. The van der Waals surface area contributed by atoms with Crippen molar-refractivity contribution in [2.24, 2.45) is 0 Å². The number of nitro groups is 1. The number of nitro benzene ring substituents is 1. The van der Waals surface area contributed by atoms with Gasteiger partial charge in [0.1, 0.15) is 0 Å². The van der Waals surface area contributed by atoms with Gasteiger partial charge in [-0.25, -0.2) is 8.42 Å². The molecule has 1 heterocycles. The molecular weight excluding hydrogens is 304 g/mol. The zero-order valence-electron chi connectivity index (χ0n) is 10.7. The average Bonchev–Trinajstić information content (AvgIpc) is 2.88. The normalized spacial score (nSPS) is 22.1. The molecule has 1 fully saturated rings. The van der Waals surface area contributed by atoms with Gasteiger partial charge >= 0.3 is 5.97 Å². The summed E-state index contributed by atoms with van der Waals surface area (Å²) in [5.74, 6) is -1.39. The molecule has 0 radical (unpaired) electrons. The molecular formula is C11H12N2O7S. The van der Waals surface area contributed by atoms with E-state index in [4.69, 9.17) is 4.74 Å². The smallest absolute Gasteiger partial charge is 0.327 e. The van der Waals surface area contributed by atoms with Crippen LogP contribution in [0.15, 0.2) is 29.2 Å². The average molecular weight is 316 g/mol. The summed E-state index contributed by atoms with van der Waals surface area (Å²) >= 11 is 0. The van der Waals surface area contributed by atoms with E-state index in [9.17, 15) is 28.4 Å². The maximum absolute atomic E-state index is 12.3. The fourth-order valence-corrected chi connectivity index (χ4v) is 3.55. The van der Waals surface area contributed by atoms with Gasteiger partial charge < -0.3 is 9.84 Å². The Bertz CT molecular complexity index is 680. The molecule has 2 N–H and O–H groups in total. The zero-order valence-corrected chi connectivity index (χ0v) is 11.5. The van der Waals surface area contributed by atoms with E-state index in [0.29, 0.717) is 0 Å². The molecule has 0 amide bonds. The Hall–Kier alpha value is -2.04. The van der Waals surface area contributed by atoms with Crippen LogP contribution in [0.25, 0.3) is 0 Å². The number of nitrogens with zero attached hydrogens (tertiary/aromatic N) is 1. The molecule has 114 valence electrons. The molecule has 0 bridgehead atoms. The molecule has 1 aromatic rings. The van der Waals surface area contributed by atoms with Gasteiger partial charge in [0.15, 0.2) is 10.4 Å². The van der Waals surface area contributed by atoms with Crippen LogP contribution in [0.2, 0.25) is 0 Å². The molecule has 0 spiro atoms. The third kappa shape index (κ3) is 2.86. The van der Waals surface area contributed by atoms with Crippen LogP contribution in [0.1, 0.15) is 6.42 Å². The van der Waals surface area contributed by atoms with Crippen molar-refractivity contribution >= 4 is 21.7 Å². The van der Waals surface area contributed by atoms with Gasteiger partial charge in [-0.05, 0) is 6.07 Å². The van der Waals surface area contributed by atoms with Crippen LogP contribution in [0.4, 0.5) is 5.69 Å². The van der Waals surface area contributed by atoms with Crippen LogP contribution in [0.3, 0.4) is 0 Å². The number of benzene rings is 1. The fraction of sp³-hybridized carbons (Fsp3) is 0.364. The van der Waals surface area contributed by atoms with Gasteiger partial charge in [0.25, 0.3) is 5.69 Å². The second-order valence-electron chi connectivity index (χ2n) is 4.52. The van der Waals surface area contributed by atoms with E-state index in [1.807, 2.05) is 4.72 Å². The highest BCUT2D eigenvalue weighted by atomic mass is 32.2. The first-order valence-electron chi connectivity index (χ1n) is 5.87. The molecule has 0 aromatic heterocycles. The number of nitrogens with one attached hydrogen (secondary N) is 1. The molecule has 1 aliphatic heterocycles. The molecule has 21 heavy (non-hydrogen) atoms. The maximum Gasteiger partial charge on any atom is 0.327 e. The van der Waals surface area contributed by atoms with Crippen molar-refractivity contribution in [1.82, 2.24) is 4.72 Å². The van der Waals surface area contributed by atoms with Crippen molar-refractivity contribution < 1.29 is 28.0 Å². The highest BCUT2D eigenvalue weighted by Gasteiger charge is 2.46. The third-order valence-corrected chi connectivity index (χ3v) is 4.70. The lowest BCUT2D eigenvalue weighted by Gasteiger charge is -2.23. The van der Waals surface area contributed by atoms with E-state index in [-0.39, 0.29) is 19.6 Å². The predicted molar refractivity (Wildman–Crippen MR) is 69.2 cm³/mol. The Morgan fingerprint density at radius 3 is 2.62 bits per heavy atom. The van der Waals surface area contributed by atoms with Crippen molar-refractivity contribution in [3.63, 3.8) is 0 Å². The van der Waals surface area contributed by atoms with Crippen LogP contribution in [-0.2, 0) is 19.6 Å². The van der Waals surface area contributed by atoms with Crippen molar-refractivity contribution in [2.75, 3.05) is 13.2 Å². The summed E-state index contributed by atoms with van der Waals surface area (Å²) in [4.78, 5) is 20.8. The van der Waals surface area contributed by atoms with Gasteiger partial charge in [-0.15, -0.1) is 0 Å². The van der Waals surface area contributed by atoms with E-state index in [0.717, 1.165) is 12.1 Å². The highest BCUT2D eigenvalue weighted by molar-refractivity contribution is 7.89. The van der Waals surface area contributed by atoms with Gasteiger partial charge in [0, 0.05) is 19.1 Å². The van der Waals surface area contributed by atoms with Crippen LogP contribution >= 0.6 is 0 Å². The van der Waals surface area contributed by atoms with Gasteiger partial charge in [0.05, 0.1) is 11.5 Å². The molecule has 1 unspecified atom stereocenters.